The molecule has 2 fully saturated rings. The van der Waals surface area contributed by atoms with E-state index in [0.717, 1.165) is 49.1 Å². The summed E-state index contributed by atoms with van der Waals surface area (Å²) in [4.78, 5) is 2.00. The van der Waals surface area contributed by atoms with Gasteiger partial charge in [-0.25, -0.2) is 0 Å². The van der Waals surface area contributed by atoms with E-state index in [-0.39, 0.29) is 18.6 Å². The summed E-state index contributed by atoms with van der Waals surface area (Å²) in [6.07, 6.45) is -5.71. The minimum Gasteiger partial charge on any atom is -0.497 e. The van der Waals surface area contributed by atoms with Gasteiger partial charge in [0.2, 0.25) is 0 Å². The Hall–Kier alpha value is -5.56. The average Bonchev–Trinajstić information content (AvgIpc) is 3.46. The largest absolute Gasteiger partial charge is 0.497 e. The van der Waals surface area contributed by atoms with Crippen molar-refractivity contribution < 1.29 is 58.0 Å². The van der Waals surface area contributed by atoms with Gasteiger partial charge in [-0.3, -0.25) is 0 Å². The molecule has 75 heavy (non-hydrogen) atoms. The fourth-order valence-electron chi connectivity index (χ4n) is 8.52. The first kappa shape index (κ1) is 55.7. The molecule has 14 heteroatoms. The quantitative estimate of drug-likeness (QED) is 0.0559. The maximum absolute atomic E-state index is 10.7. The molecule has 10 atom stereocenters. The van der Waals surface area contributed by atoms with Gasteiger partial charge < -0.3 is 58.0 Å². The van der Waals surface area contributed by atoms with Gasteiger partial charge in [0.15, 0.2) is 0 Å². The molecule has 9 rings (SSSR count). The van der Waals surface area contributed by atoms with Crippen LogP contribution >= 0.6 is 23.5 Å². The normalized spacial score (nSPS) is 23.4. The Morgan fingerprint density at radius 1 is 0.387 bits per heavy atom. The number of rotatable bonds is 23. The number of hydrogen-bond donors (Lipinski definition) is 3. The van der Waals surface area contributed by atoms with Gasteiger partial charge >= 0.3 is 0 Å². The standard InChI is InChI=1S/C41H42O6S.C20H24O6S/c1-42-35-24-22-34(23-25-35)29-45-39-38(44-27-32-16-8-3-9-17-32)37(30-43-26-31-14-6-2-7-15-31)47-41(48-36-20-12-5-13-21-36)40(39)46-28-33-18-10-4-11-19-33;1-24-14-9-7-13(8-10-14)12-25-19-17(22)16(11-21)26-20(18(19)23)27-15-5-3-2-4-6-15/h2-25,37-41H,26-30H2,1H3;2-10,16-23H,11-12H2,1H3/t37?,38-,39+,40?,41+;16?,17-,18?,19+,20+/m11/s1. The molecule has 2 heterocycles. The molecular formula is C61H66O12S2. The van der Waals surface area contributed by atoms with E-state index < -0.39 is 54.3 Å². The topological polar surface area (TPSA) is 144 Å². The number of methoxy groups -OCH3 is 2. The van der Waals surface area contributed by atoms with Gasteiger partial charge in [0.25, 0.3) is 0 Å². The van der Waals surface area contributed by atoms with Gasteiger partial charge in [0.1, 0.15) is 71.2 Å². The van der Waals surface area contributed by atoms with E-state index in [2.05, 4.69) is 48.5 Å². The van der Waals surface area contributed by atoms with Crippen molar-refractivity contribution in [1.29, 1.82) is 0 Å². The molecule has 2 aliphatic rings. The molecule has 0 bridgehead atoms. The maximum Gasteiger partial charge on any atom is 0.137 e. The number of aliphatic hydroxyl groups is 3. The molecule has 0 spiro atoms. The lowest BCUT2D eigenvalue weighted by Crippen LogP contribution is -2.60. The lowest BCUT2D eigenvalue weighted by atomic mass is 9.98. The molecule has 7 aromatic carbocycles. The number of aliphatic hydroxyl groups excluding tert-OH is 3. The minimum absolute atomic E-state index is 0.212. The van der Waals surface area contributed by atoms with Crippen molar-refractivity contribution in [2.45, 2.75) is 103 Å². The molecule has 0 radical (unpaired) electrons. The molecule has 0 saturated carbocycles. The lowest BCUT2D eigenvalue weighted by Gasteiger charge is -2.46. The van der Waals surface area contributed by atoms with Gasteiger partial charge in [-0.05, 0) is 76.3 Å². The molecule has 394 valence electrons. The zero-order chi connectivity index (χ0) is 52.0. The highest BCUT2D eigenvalue weighted by molar-refractivity contribution is 8.00. The van der Waals surface area contributed by atoms with Gasteiger partial charge in [-0.2, -0.15) is 0 Å². The lowest BCUT2D eigenvalue weighted by molar-refractivity contribution is -0.254. The molecular weight excluding hydrogens is 989 g/mol. The summed E-state index contributed by atoms with van der Waals surface area (Å²) in [6.45, 7) is 1.82. The van der Waals surface area contributed by atoms with Crippen molar-refractivity contribution in [3.63, 3.8) is 0 Å². The monoisotopic (exact) mass is 1050 g/mol. The van der Waals surface area contributed by atoms with E-state index in [9.17, 15) is 15.3 Å². The molecule has 7 aromatic rings. The summed E-state index contributed by atoms with van der Waals surface area (Å²) in [5.41, 5.74) is 4.10. The summed E-state index contributed by atoms with van der Waals surface area (Å²) in [6, 6.07) is 65.6. The second kappa shape index (κ2) is 29.7. The third kappa shape index (κ3) is 16.7. The van der Waals surface area contributed by atoms with Crippen LogP contribution in [0.1, 0.15) is 27.8 Å². The molecule has 0 aliphatic carbocycles. The van der Waals surface area contributed by atoms with Crippen LogP contribution in [0, 0.1) is 0 Å². The first-order valence-electron chi connectivity index (χ1n) is 25.0. The maximum atomic E-state index is 10.7. The van der Waals surface area contributed by atoms with Crippen LogP contribution < -0.4 is 9.47 Å². The highest BCUT2D eigenvalue weighted by atomic mass is 32.2. The van der Waals surface area contributed by atoms with Crippen LogP contribution in [-0.2, 0) is 66.2 Å². The Balaban J connectivity index is 0.000000234. The Morgan fingerprint density at radius 3 is 1.21 bits per heavy atom. The van der Waals surface area contributed by atoms with E-state index in [4.69, 9.17) is 42.6 Å². The Bertz CT molecular complexity index is 2640. The molecule has 0 aromatic heterocycles. The van der Waals surface area contributed by atoms with Crippen molar-refractivity contribution >= 4 is 23.5 Å². The van der Waals surface area contributed by atoms with Crippen molar-refractivity contribution in [2.24, 2.45) is 0 Å². The number of benzene rings is 7. The summed E-state index contributed by atoms with van der Waals surface area (Å²) < 4.78 is 55.7. The SMILES string of the molecule is COc1ccc(CO[C@@H]2C(O)[C@H](Sc3ccccc3)OC(CO)[C@H]2O)cc1.COc1ccc(CO[C@@H]2C(OCc3ccccc3)[C@H](Sc3ccccc3)OC(COCc3ccccc3)[C@H]2OCc2ccccc2)cc1. The summed E-state index contributed by atoms with van der Waals surface area (Å²) >= 11 is 2.97. The van der Waals surface area contributed by atoms with Gasteiger partial charge in [0, 0.05) is 9.79 Å². The number of thioether (sulfide) groups is 2. The van der Waals surface area contributed by atoms with Crippen molar-refractivity contribution in [2.75, 3.05) is 27.4 Å². The smallest absolute Gasteiger partial charge is 0.137 e. The molecule has 4 unspecified atom stereocenters. The minimum atomic E-state index is -1.13. The van der Waals surface area contributed by atoms with E-state index in [1.807, 2.05) is 152 Å². The predicted octanol–water partition coefficient (Wildman–Crippen LogP) is 10.3. The van der Waals surface area contributed by atoms with E-state index in [1.54, 1.807) is 26.0 Å². The van der Waals surface area contributed by atoms with Gasteiger partial charge in [-0.15, -0.1) is 0 Å². The fourth-order valence-corrected chi connectivity index (χ4v) is 10.7. The van der Waals surface area contributed by atoms with E-state index in [1.165, 1.54) is 11.8 Å². The van der Waals surface area contributed by atoms with Crippen molar-refractivity contribution in [1.82, 2.24) is 0 Å². The molecule has 12 nitrogen and oxygen atoms in total. The van der Waals surface area contributed by atoms with Crippen LogP contribution in [0.15, 0.2) is 210 Å². The zero-order valence-corrected chi connectivity index (χ0v) is 43.7. The molecule has 3 N–H and O–H groups in total. The Morgan fingerprint density at radius 2 is 0.760 bits per heavy atom. The Kier molecular flexibility index (Phi) is 22.0. The third-order valence-electron chi connectivity index (χ3n) is 12.6. The van der Waals surface area contributed by atoms with Crippen LogP contribution in [0.3, 0.4) is 0 Å². The van der Waals surface area contributed by atoms with Crippen molar-refractivity contribution in [3.05, 3.63) is 228 Å². The Labute approximate surface area is 448 Å². The highest BCUT2D eigenvalue weighted by Gasteiger charge is 2.49. The second-order valence-electron chi connectivity index (χ2n) is 17.9. The molecule has 2 saturated heterocycles. The van der Waals surface area contributed by atoms with E-state index >= 15 is 0 Å². The van der Waals surface area contributed by atoms with Gasteiger partial charge in [-0.1, -0.05) is 175 Å². The van der Waals surface area contributed by atoms with Gasteiger partial charge in [0.05, 0.1) is 60.5 Å². The van der Waals surface area contributed by atoms with E-state index in [0.29, 0.717) is 33.0 Å². The highest BCUT2D eigenvalue weighted by Crippen LogP contribution is 2.39. The van der Waals surface area contributed by atoms with Crippen LogP contribution in [0.2, 0.25) is 0 Å². The van der Waals surface area contributed by atoms with Crippen LogP contribution in [0.5, 0.6) is 11.5 Å². The number of hydrogen-bond acceptors (Lipinski definition) is 14. The summed E-state index contributed by atoms with van der Waals surface area (Å²) in [5.74, 6) is 1.54. The first-order valence-corrected chi connectivity index (χ1v) is 26.8. The van der Waals surface area contributed by atoms with Crippen LogP contribution in [-0.4, -0.2) is 102 Å². The predicted molar refractivity (Wildman–Crippen MR) is 290 cm³/mol. The number of ether oxygens (including phenoxy) is 9. The second-order valence-corrected chi connectivity index (χ2v) is 20.2. The third-order valence-corrected chi connectivity index (χ3v) is 14.9. The molecule has 2 aliphatic heterocycles. The van der Waals surface area contributed by atoms with Crippen LogP contribution in [0.4, 0.5) is 0 Å². The molecule has 0 amide bonds. The van der Waals surface area contributed by atoms with Crippen molar-refractivity contribution in [3.8, 4) is 11.5 Å². The summed E-state index contributed by atoms with van der Waals surface area (Å²) in [7, 11) is 3.27. The zero-order valence-electron chi connectivity index (χ0n) is 42.1. The summed E-state index contributed by atoms with van der Waals surface area (Å²) in [5, 5.41) is 30.7. The fraction of sp³-hybridized carbons (Fsp3) is 0.311. The average molecular weight is 1060 g/mol. The first-order chi connectivity index (χ1) is 36.9. The van der Waals surface area contributed by atoms with Crippen LogP contribution in [0.25, 0.3) is 0 Å².